The average Bonchev–Trinajstić information content (AvgIpc) is 3.50. The highest BCUT2D eigenvalue weighted by molar-refractivity contribution is 6.11. The van der Waals surface area contributed by atoms with Crippen LogP contribution >= 0.6 is 0 Å². The molecule has 5 aromatic carbocycles. The molecular formula is C35H29FN2O. The number of imidazole rings is 1. The number of halogens is 1. The van der Waals surface area contributed by atoms with Gasteiger partial charge in [0.25, 0.3) is 0 Å². The molecule has 0 aliphatic rings. The highest BCUT2D eigenvalue weighted by atomic mass is 19.1. The SMILES string of the molecule is CC(C)c1cccc(C(C)C)c1-n1c(-c2cccc3c2oc2cc(F)ccc23)nc2c3ccccc3ccc21. The van der Waals surface area contributed by atoms with Crippen LogP contribution in [0.2, 0.25) is 0 Å². The molecule has 4 heteroatoms. The van der Waals surface area contributed by atoms with Gasteiger partial charge in [0, 0.05) is 22.2 Å². The van der Waals surface area contributed by atoms with Crippen LogP contribution in [0.25, 0.3) is 60.8 Å². The van der Waals surface area contributed by atoms with Crippen molar-refractivity contribution < 1.29 is 8.81 Å². The molecule has 2 heterocycles. The molecule has 0 amide bonds. The molecule has 0 fully saturated rings. The van der Waals surface area contributed by atoms with E-state index in [2.05, 4.69) is 92.9 Å². The van der Waals surface area contributed by atoms with Crippen LogP contribution in [0.1, 0.15) is 50.7 Å². The summed E-state index contributed by atoms with van der Waals surface area (Å²) in [5, 5.41) is 4.11. The van der Waals surface area contributed by atoms with Crippen molar-refractivity contribution in [2.75, 3.05) is 0 Å². The third kappa shape index (κ3) is 3.59. The summed E-state index contributed by atoms with van der Waals surface area (Å²) in [6.07, 6.45) is 0. The maximum atomic E-state index is 14.1. The van der Waals surface area contributed by atoms with Crippen LogP contribution in [0, 0.1) is 5.82 Å². The van der Waals surface area contributed by atoms with Crippen LogP contribution in [0.3, 0.4) is 0 Å². The molecule has 7 aromatic rings. The standard InChI is InChI=1S/C35H29FN2O/c1-20(2)24-11-7-12-25(21(3)4)33(24)38-30-18-15-22-9-5-6-10-26(22)32(30)37-35(38)29-14-8-13-28-27-17-16-23(36)19-31(27)39-34(28)29/h5-21H,1-4H3. The van der Waals surface area contributed by atoms with Crippen LogP contribution in [0.5, 0.6) is 0 Å². The maximum Gasteiger partial charge on any atom is 0.149 e. The quantitative estimate of drug-likeness (QED) is 0.235. The summed E-state index contributed by atoms with van der Waals surface area (Å²) in [7, 11) is 0. The first kappa shape index (κ1) is 23.7. The fourth-order valence-corrected chi connectivity index (χ4v) is 5.94. The Morgan fingerprint density at radius 2 is 1.44 bits per heavy atom. The van der Waals surface area contributed by atoms with Gasteiger partial charge in [0.1, 0.15) is 22.8 Å². The number of para-hydroxylation sites is 2. The van der Waals surface area contributed by atoms with Crippen molar-refractivity contribution in [1.29, 1.82) is 0 Å². The lowest BCUT2D eigenvalue weighted by Crippen LogP contribution is -2.08. The average molecular weight is 513 g/mol. The van der Waals surface area contributed by atoms with Crippen LogP contribution < -0.4 is 0 Å². The second kappa shape index (κ2) is 8.81. The van der Waals surface area contributed by atoms with Gasteiger partial charge in [0.05, 0.1) is 22.3 Å². The van der Waals surface area contributed by atoms with E-state index < -0.39 is 0 Å². The molecule has 0 radical (unpaired) electrons. The number of furan rings is 1. The van der Waals surface area contributed by atoms with Gasteiger partial charge >= 0.3 is 0 Å². The van der Waals surface area contributed by atoms with Crippen molar-refractivity contribution in [3.63, 3.8) is 0 Å². The van der Waals surface area contributed by atoms with E-state index in [1.807, 2.05) is 12.1 Å². The fourth-order valence-electron chi connectivity index (χ4n) is 5.94. The van der Waals surface area contributed by atoms with Gasteiger partial charge in [-0.2, -0.15) is 0 Å². The smallest absolute Gasteiger partial charge is 0.149 e. The third-order valence-corrected chi connectivity index (χ3v) is 7.82. The molecule has 3 nitrogen and oxygen atoms in total. The predicted octanol–water partition coefficient (Wildman–Crippen LogP) is 10.1. The number of aromatic nitrogens is 2. The number of fused-ring (bicyclic) bond motifs is 6. The van der Waals surface area contributed by atoms with Gasteiger partial charge in [-0.25, -0.2) is 9.37 Å². The third-order valence-electron chi connectivity index (χ3n) is 7.82. The Bertz CT molecular complexity index is 2020. The normalized spacial score (nSPS) is 12.2. The lowest BCUT2D eigenvalue weighted by Gasteiger charge is -2.22. The maximum absolute atomic E-state index is 14.1. The van der Waals surface area contributed by atoms with Crippen LogP contribution in [0.4, 0.5) is 4.39 Å². The zero-order valence-electron chi connectivity index (χ0n) is 22.5. The van der Waals surface area contributed by atoms with E-state index in [0.29, 0.717) is 23.0 Å². The number of rotatable bonds is 4. The summed E-state index contributed by atoms with van der Waals surface area (Å²) in [5.74, 6) is 1.14. The van der Waals surface area contributed by atoms with Crippen LogP contribution in [-0.4, -0.2) is 9.55 Å². The van der Waals surface area contributed by atoms with Crippen molar-refractivity contribution in [2.45, 2.75) is 39.5 Å². The Hall–Kier alpha value is -4.44. The summed E-state index contributed by atoms with van der Waals surface area (Å²) in [4.78, 5) is 5.36. The van der Waals surface area contributed by atoms with Gasteiger partial charge < -0.3 is 4.42 Å². The number of benzene rings is 5. The van der Waals surface area contributed by atoms with Crippen LogP contribution in [0.15, 0.2) is 95.4 Å². The molecule has 0 saturated heterocycles. The molecule has 0 aliphatic heterocycles. The Morgan fingerprint density at radius 3 is 2.21 bits per heavy atom. The molecule has 0 aliphatic carbocycles. The van der Waals surface area contributed by atoms with Crippen molar-refractivity contribution in [1.82, 2.24) is 9.55 Å². The van der Waals surface area contributed by atoms with Gasteiger partial charge in [0.2, 0.25) is 0 Å². The molecule has 0 bridgehead atoms. The van der Waals surface area contributed by atoms with E-state index in [0.717, 1.165) is 44.0 Å². The molecule has 0 unspecified atom stereocenters. The Labute approximate surface area is 226 Å². The van der Waals surface area contributed by atoms with E-state index in [1.54, 1.807) is 6.07 Å². The van der Waals surface area contributed by atoms with Crippen molar-refractivity contribution in [3.05, 3.63) is 108 Å². The van der Waals surface area contributed by atoms with E-state index in [9.17, 15) is 4.39 Å². The van der Waals surface area contributed by atoms with E-state index in [-0.39, 0.29) is 5.82 Å². The summed E-state index contributed by atoms with van der Waals surface area (Å²) in [6.45, 7) is 8.97. The minimum absolute atomic E-state index is 0.311. The molecule has 0 saturated carbocycles. The van der Waals surface area contributed by atoms with E-state index >= 15 is 0 Å². The Balaban J connectivity index is 1.67. The molecule has 2 aromatic heterocycles. The molecule has 0 N–H and O–H groups in total. The molecule has 39 heavy (non-hydrogen) atoms. The first-order valence-electron chi connectivity index (χ1n) is 13.6. The summed E-state index contributed by atoms with van der Waals surface area (Å²) < 4.78 is 22.8. The molecular weight excluding hydrogens is 483 g/mol. The first-order chi connectivity index (χ1) is 18.9. The summed E-state index contributed by atoms with van der Waals surface area (Å²) in [6, 6.07) is 30.3. The monoisotopic (exact) mass is 512 g/mol. The van der Waals surface area contributed by atoms with Crippen molar-refractivity contribution >= 4 is 43.7 Å². The number of hydrogen-bond donors (Lipinski definition) is 0. The predicted molar refractivity (Wildman–Crippen MR) is 159 cm³/mol. The number of hydrogen-bond acceptors (Lipinski definition) is 2. The second-order valence-corrected chi connectivity index (χ2v) is 10.9. The van der Waals surface area contributed by atoms with Gasteiger partial charge in [-0.05, 0) is 52.6 Å². The first-order valence-corrected chi connectivity index (χ1v) is 13.6. The zero-order chi connectivity index (χ0) is 26.8. The van der Waals surface area contributed by atoms with Gasteiger partial charge in [-0.15, -0.1) is 0 Å². The fraction of sp³-hybridized carbons (Fsp3) is 0.171. The van der Waals surface area contributed by atoms with Gasteiger partial charge in [-0.1, -0.05) is 88.4 Å². The highest BCUT2D eigenvalue weighted by Crippen LogP contribution is 2.42. The van der Waals surface area contributed by atoms with E-state index in [4.69, 9.17) is 9.40 Å². The lowest BCUT2D eigenvalue weighted by atomic mass is 9.92. The number of nitrogens with zero attached hydrogens (tertiary/aromatic N) is 2. The Morgan fingerprint density at radius 1 is 0.718 bits per heavy atom. The molecule has 7 rings (SSSR count). The molecule has 0 atom stereocenters. The van der Waals surface area contributed by atoms with E-state index in [1.165, 1.54) is 28.9 Å². The van der Waals surface area contributed by atoms with Crippen molar-refractivity contribution in [3.8, 4) is 17.1 Å². The minimum atomic E-state index is -0.311. The van der Waals surface area contributed by atoms with Gasteiger partial charge in [0.15, 0.2) is 0 Å². The van der Waals surface area contributed by atoms with Crippen molar-refractivity contribution in [2.24, 2.45) is 0 Å². The highest BCUT2D eigenvalue weighted by Gasteiger charge is 2.25. The largest absolute Gasteiger partial charge is 0.455 e. The molecule has 0 spiro atoms. The van der Waals surface area contributed by atoms with Crippen LogP contribution in [-0.2, 0) is 0 Å². The topological polar surface area (TPSA) is 31.0 Å². The zero-order valence-corrected chi connectivity index (χ0v) is 22.5. The summed E-state index contributed by atoms with van der Waals surface area (Å²) in [5.41, 5.74) is 7.87. The summed E-state index contributed by atoms with van der Waals surface area (Å²) >= 11 is 0. The molecule has 192 valence electrons. The lowest BCUT2D eigenvalue weighted by molar-refractivity contribution is 0.618. The minimum Gasteiger partial charge on any atom is -0.455 e. The van der Waals surface area contributed by atoms with Gasteiger partial charge in [-0.3, -0.25) is 4.57 Å². The Kier molecular flexibility index (Phi) is 5.34. The second-order valence-electron chi connectivity index (χ2n) is 10.9.